The third kappa shape index (κ3) is 5.25. The molecule has 0 aliphatic carbocycles. The van der Waals surface area contributed by atoms with Gasteiger partial charge in [-0.1, -0.05) is 23.9 Å². The largest absolute Gasteiger partial charge is 0.494 e. The van der Waals surface area contributed by atoms with E-state index in [-0.39, 0.29) is 11.7 Å². The molecule has 0 spiro atoms. The Morgan fingerprint density at radius 3 is 3.00 bits per heavy atom. The molecular formula is C20H19N7O2S2. The second-order valence-corrected chi connectivity index (χ2v) is 8.62. The van der Waals surface area contributed by atoms with Gasteiger partial charge in [-0.2, -0.15) is 5.10 Å². The second kappa shape index (κ2) is 9.67. The molecule has 31 heavy (non-hydrogen) atoms. The molecule has 4 aromatic rings. The summed E-state index contributed by atoms with van der Waals surface area (Å²) in [5, 5.41) is 15.4. The van der Waals surface area contributed by atoms with E-state index in [0.717, 1.165) is 31.6 Å². The fourth-order valence-electron chi connectivity index (χ4n) is 2.73. The SMILES string of the molecule is CCOc1ccc2nc(SCC(=O)N/N=C(/C)c3cccc(-n4cnnn4)c3)sc2c1. The summed E-state index contributed by atoms with van der Waals surface area (Å²) >= 11 is 2.92. The lowest BCUT2D eigenvalue weighted by Crippen LogP contribution is -2.21. The third-order valence-electron chi connectivity index (χ3n) is 4.20. The standard InChI is InChI=1S/C20H19N7O2S2/c1-3-29-16-7-8-17-18(10-16)31-20(22-17)30-11-19(28)24-23-13(2)14-5-4-6-15(9-14)27-12-21-25-26-27/h4-10,12H,3,11H2,1-2H3,(H,24,28)/b23-13-. The number of hydrogen-bond acceptors (Lipinski definition) is 9. The minimum absolute atomic E-state index is 0.199. The zero-order valence-corrected chi connectivity index (χ0v) is 18.5. The van der Waals surface area contributed by atoms with Crippen LogP contribution in [0.3, 0.4) is 0 Å². The number of hydrogen-bond donors (Lipinski definition) is 1. The van der Waals surface area contributed by atoms with Crippen LogP contribution in [-0.2, 0) is 4.79 Å². The van der Waals surface area contributed by atoms with E-state index in [2.05, 4.69) is 31.0 Å². The number of carbonyl (C=O) groups excluding carboxylic acids is 1. The van der Waals surface area contributed by atoms with E-state index in [1.54, 1.807) is 4.68 Å². The lowest BCUT2D eigenvalue weighted by molar-refractivity contribution is -0.118. The van der Waals surface area contributed by atoms with Gasteiger partial charge in [0.05, 0.1) is 34.0 Å². The number of aromatic nitrogens is 5. The van der Waals surface area contributed by atoms with Gasteiger partial charge in [-0.3, -0.25) is 4.79 Å². The lowest BCUT2D eigenvalue weighted by Gasteiger charge is -2.05. The van der Waals surface area contributed by atoms with Gasteiger partial charge in [0.2, 0.25) is 0 Å². The topological polar surface area (TPSA) is 107 Å². The van der Waals surface area contributed by atoms with Crippen molar-refractivity contribution in [3.05, 3.63) is 54.4 Å². The summed E-state index contributed by atoms with van der Waals surface area (Å²) in [5.41, 5.74) is 5.84. The Kier molecular flexibility index (Phi) is 6.53. The summed E-state index contributed by atoms with van der Waals surface area (Å²) < 4.78 is 8.94. The maximum absolute atomic E-state index is 12.2. The van der Waals surface area contributed by atoms with Gasteiger partial charge in [0.25, 0.3) is 5.91 Å². The zero-order chi connectivity index (χ0) is 21.6. The normalized spacial score (nSPS) is 11.6. The van der Waals surface area contributed by atoms with E-state index in [9.17, 15) is 4.79 Å². The zero-order valence-electron chi connectivity index (χ0n) is 16.8. The number of nitrogens with zero attached hydrogens (tertiary/aromatic N) is 6. The Morgan fingerprint density at radius 1 is 1.29 bits per heavy atom. The first kappa shape index (κ1) is 20.9. The maximum atomic E-state index is 12.2. The van der Waals surface area contributed by atoms with E-state index in [4.69, 9.17) is 4.74 Å². The number of thioether (sulfide) groups is 1. The van der Waals surface area contributed by atoms with Crippen molar-refractivity contribution >= 4 is 44.9 Å². The second-order valence-electron chi connectivity index (χ2n) is 6.37. The average Bonchev–Trinajstić information content (AvgIpc) is 3.46. The third-order valence-corrected chi connectivity index (χ3v) is 6.36. The van der Waals surface area contributed by atoms with E-state index >= 15 is 0 Å². The quantitative estimate of drug-likeness (QED) is 0.248. The predicted molar refractivity (Wildman–Crippen MR) is 121 cm³/mol. The highest BCUT2D eigenvalue weighted by Gasteiger charge is 2.09. The number of tetrazole rings is 1. The van der Waals surface area contributed by atoms with Gasteiger partial charge >= 0.3 is 0 Å². The summed E-state index contributed by atoms with van der Waals surface area (Å²) in [6, 6.07) is 13.4. The van der Waals surface area contributed by atoms with Crippen LogP contribution in [0.1, 0.15) is 19.4 Å². The monoisotopic (exact) mass is 453 g/mol. The fraction of sp³-hybridized carbons (Fsp3) is 0.200. The molecule has 0 fully saturated rings. The first-order valence-corrected chi connectivity index (χ1v) is 11.3. The highest BCUT2D eigenvalue weighted by Crippen LogP contribution is 2.31. The molecule has 0 aliphatic rings. The summed E-state index contributed by atoms with van der Waals surface area (Å²) in [5.74, 6) is 0.844. The molecule has 1 N–H and O–H groups in total. The van der Waals surface area contributed by atoms with Crippen LogP contribution in [0.15, 0.2) is 58.2 Å². The van der Waals surface area contributed by atoms with Crippen molar-refractivity contribution < 1.29 is 9.53 Å². The number of hydrazone groups is 1. The number of carbonyl (C=O) groups is 1. The summed E-state index contributed by atoms with van der Waals surface area (Å²) in [7, 11) is 0. The van der Waals surface area contributed by atoms with Gasteiger partial charge in [0.15, 0.2) is 4.34 Å². The molecule has 0 aliphatic heterocycles. The molecule has 0 saturated heterocycles. The van der Waals surface area contributed by atoms with E-state index < -0.39 is 0 Å². The number of benzene rings is 2. The molecule has 9 nitrogen and oxygen atoms in total. The molecule has 4 rings (SSSR count). The van der Waals surface area contributed by atoms with Crippen LogP contribution in [0.5, 0.6) is 5.75 Å². The molecule has 2 heterocycles. The lowest BCUT2D eigenvalue weighted by atomic mass is 10.1. The maximum Gasteiger partial charge on any atom is 0.250 e. The highest BCUT2D eigenvalue weighted by molar-refractivity contribution is 8.01. The molecule has 0 saturated carbocycles. The average molecular weight is 454 g/mol. The Bertz CT molecular complexity index is 1220. The van der Waals surface area contributed by atoms with Crippen molar-refractivity contribution in [2.75, 3.05) is 12.4 Å². The first-order chi connectivity index (χ1) is 15.1. The van der Waals surface area contributed by atoms with Crippen molar-refractivity contribution in [1.82, 2.24) is 30.6 Å². The molecule has 2 aromatic heterocycles. The number of ether oxygens (including phenoxy) is 1. The molecule has 0 unspecified atom stereocenters. The van der Waals surface area contributed by atoms with Crippen molar-refractivity contribution in [1.29, 1.82) is 0 Å². The molecular weight excluding hydrogens is 434 g/mol. The van der Waals surface area contributed by atoms with Crippen LogP contribution in [-0.4, -0.2) is 49.2 Å². The van der Waals surface area contributed by atoms with E-state index in [0.29, 0.717) is 12.3 Å². The van der Waals surface area contributed by atoms with Crippen LogP contribution >= 0.6 is 23.1 Å². The Labute approximate surface area is 186 Å². The Morgan fingerprint density at radius 2 is 2.19 bits per heavy atom. The van der Waals surface area contributed by atoms with Crippen molar-refractivity contribution in [3.63, 3.8) is 0 Å². The van der Waals surface area contributed by atoms with Crippen molar-refractivity contribution in [2.45, 2.75) is 18.2 Å². The number of rotatable bonds is 8. The van der Waals surface area contributed by atoms with Gasteiger partial charge in [-0.25, -0.2) is 15.1 Å². The Hall–Kier alpha value is -3.31. The van der Waals surface area contributed by atoms with Gasteiger partial charge < -0.3 is 4.74 Å². The van der Waals surface area contributed by atoms with E-state index in [1.807, 2.05) is 56.3 Å². The van der Waals surface area contributed by atoms with Crippen LogP contribution < -0.4 is 10.2 Å². The van der Waals surface area contributed by atoms with Crippen molar-refractivity contribution in [2.24, 2.45) is 5.10 Å². The fourth-order valence-corrected chi connectivity index (χ4v) is 4.61. The predicted octanol–water partition coefficient (Wildman–Crippen LogP) is 3.30. The van der Waals surface area contributed by atoms with Crippen LogP contribution in [0, 0.1) is 0 Å². The van der Waals surface area contributed by atoms with Crippen molar-refractivity contribution in [3.8, 4) is 11.4 Å². The smallest absolute Gasteiger partial charge is 0.250 e. The molecule has 158 valence electrons. The molecule has 0 radical (unpaired) electrons. The van der Waals surface area contributed by atoms with Gasteiger partial charge in [-0.15, -0.1) is 16.4 Å². The molecule has 2 aromatic carbocycles. The number of thiazole rings is 1. The van der Waals surface area contributed by atoms with Crippen LogP contribution in [0.2, 0.25) is 0 Å². The van der Waals surface area contributed by atoms with Gasteiger partial charge in [0.1, 0.15) is 12.1 Å². The summed E-state index contributed by atoms with van der Waals surface area (Å²) in [6.45, 7) is 4.40. The van der Waals surface area contributed by atoms with Crippen LogP contribution in [0.25, 0.3) is 15.9 Å². The molecule has 0 bridgehead atoms. The first-order valence-electron chi connectivity index (χ1n) is 9.45. The number of amides is 1. The number of fused-ring (bicyclic) bond motifs is 1. The highest BCUT2D eigenvalue weighted by atomic mass is 32.2. The molecule has 0 atom stereocenters. The molecule has 11 heteroatoms. The minimum atomic E-state index is -0.199. The van der Waals surface area contributed by atoms with Gasteiger partial charge in [-0.05, 0) is 60.2 Å². The molecule has 1 amide bonds. The summed E-state index contributed by atoms with van der Waals surface area (Å²) in [6.07, 6.45) is 1.52. The van der Waals surface area contributed by atoms with Crippen LogP contribution in [0.4, 0.5) is 0 Å². The Balaban J connectivity index is 1.35. The minimum Gasteiger partial charge on any atom is -0.494 e. The summed E-state index contributed by atoms with van der Waals surface area (Å²) in [4.78, 5) is 16.8. The van der Waals surface area contributed by atoms with E-state index in [1.165, 1.54) is 29.4 Å². The van der Waals surface area contributed by atoms with Gasteiger partial charge in [0, 0.05) is 0 Å². The number of nitrogens with one attached hydrogen (secondary N) is 1.